The summed E-state index contributed by atoms with van der Waals surface area (Å²) >= 11 is 0. The minimum atomic E-state index is -0.446. The van der Waals surface area contributed by atoms with Crippen LogP contribution in [0.2, 0.25) is 0 Å². The van der Waals surface area contributed by atoms with Gasteiger partial charge in [-0.3, -0.25) is 4.79 Å². The quantitative estimate of drug-likeness (QED) is 0.511. The van der Waals surface area contributed by atoms with E-state index in [1.165, 1.54) is 0 Å². The molecule has 27 heavy (non-hydrogen) atoms. The molecule has 1 N–H and O–H groups in total. The summed E-state index contributed by atoms with van der Waals surface area (Å²) in [5, 5.41) is 14.3. The molecule has 0 spiro atoms. The van der Waals surface area contributed by atoms with Crippen LogP contribution in [0.4, 0.5) is 5.69 Å². The molecule has 4 heteroatoms. The van der Waals surface area contributed by atoms with E-state index in [4.69, 9.17) is 4.74 Å². The lowest BCUT2D eigenvalue weighted by atomic mass is 10.0. The Hall–Kier alpha value is -3.58. The van der Waals surface area contributed by atoms with Crippen LogP contribution in [0.3, 0.4) is 0 Å². The summed E-state index contributed by atoms with van der Waals surface area (Å²) in [5.74, 6) is 0.200. The van der Waals surface area contributed by atoms with Crippen LogP contribution in [0.1, 0.15) is 18.1 Å². The van der Waals surface area contributed by atoms with Crippen molar-refractivity contribution in [3.8, 4) is 11.8 Å². The predicted molar refractivity (Wildman–Crippen MR) is 109 cm³/mol. The van der Waals surface area contributed by atoms with Crippen molar-refractivity contribution >= 4 is 28.4 Å². The Morgan fingerprint density at radius 3 is 2.70 bits per heavy atom. The number of benzene rings is 3. The number of carbonyl (C=O) groups excluding carboxylic acids is 1. The van der Waals surface area contributed by atoms with Gasteiger partial charge in [0, 0.05) is 11.3 Å². The molecule has 0 fully saturated rings. The molecule has 0 aliphatic carbocycles. The largest absolute Gasteiger partial charge is 0.493 e. The number of anilines is 1. The van der Waals surface area contributed by atoms with Crippen molar-refractivity contribution in [3.63, 3.8) is 0 Å². The monoisotopic (exact) mass is 356 g/mol. The van der Waals surface area contributed by atoms with Crippen LogP contribution in [0.5, 0.6) is 5.75 Å². The number of amides is 1. The van der Waals surface area contributed by atoms with Crippen LogP contribution in [-0.2, 0) is 4.79 Å². The molecular formula is C23H20N2O2. The molecule has 0 heterocycles. The Bertz CT molecular complexity index is 1060. The average Bonchev–Trinajstić information content (AvgIpc) is 2.67. The molecule has 4 nitrogen and oxygen atoms in total. The van der Waals surface area contributed by atoms with Gasteiger partial charge in [0.15, 0.2) is 0 Å². The van der Waals surface area contributed by atoms with Gasteiger partial charge in [-0.15, -0.1) is 0 Å². The molecule has 3 aromatic rings. The molecule has 0 unspecified atom stereocenters. The van der Waals surface area contributed by atoms with Gasteiger partial charge in [-0.25, -0.2) is 0 Å². The third-order valence-electron chi connectivity index (χ3n) is 4.16. The molecule has 1 amide bonds. The summed E-state index contributed by atoms with van der Waals surface area (Å²) < 4.78 is 5.72. The van der Waals surface area contributed by atoms with Crippen LogP contribution in [0, 0.1) is 18.3 Å². The maximum atomic E-state index is 12.6. The number of rotatable bonds is 5. The lowest BCUT2D eigenvalue weighted by Gasteiger charge is -2.11. The van der Waals surface area contributed by atoms with E-state index in [0.29, 0.717) is 18.0 Å². The number of nitrogens with one attached hydrogen (secondary N) is 1. The van der Waals surface area contributed by atoms with Crippen LogP contribution in [0.25, 0.3) is 16.8 Å². The van der Waals surface area contributed by atoms with Crippen molar-refractivity contribution in [3.05, 3.63) is 77.4 Å². The minimum Gasteiger partial charge on any atom is -0.493 e. The van der Waals surface area contributed by atoms with E-state index in [1.54, 1.807) is 12.1 Å². The highest BCUT2D eigenvalue weighted by Gasteiger charge is 2.13. The number of nitriles is 1. The zero-order chi connectivity index (χ0) is 19.2. The molecule has 3 rings (SSSR count). The van der Waals surface area contributed by atoms with Crippen molar-refractivity contribution in [1.29, 1.82) is 5.26 Å². The third-order valence-corrected chi connectivity index (χ3v) is 4.16. The maximum Gasteiger partial charge on any atom is 0.266 e. The van der Waals surface area contributed by atoms with Gasteiger partial charge in [0.05, 0.1) is 6.61 Å². The van der Waals surface area contributed by atoms with Gasteiger partial charge in [-0.2, -0.15) is 5.26 Å². The summed E-state index contributed by atoms with van der Waals surface area (Å²) in [7, 11) is 0. The molecule has 0 aromatic heterocycles. The molecular weight excluding hydrogens is 336 g/mol. The number of aryl methyl sites for hydroxylation is 1. The van der Waals surface area contributed by atoms with E-state index in [-0.39, 0.29) is 5.57 Å². The fraction of sp³-hybridized carbons (Fsp3) is 0.130. The van der Waals surface area contributed by atoms with Crippen molar-refractivity contribution < 1.29 is 9.53 Å². The fourth-order valence-electron chi connectivity index (χ4n) is 2.92. The normalized spacial score (nSPS) is 11.1. The Labute approximate surface area is 158 Å². The summed E-state index contributed by atoms with van der Waals surface area (Å²) in [6, 6.07) is 21.1. The summed E-state index contributed by atoms with van der Waals surface area (Å²) in [5.41, 5.74) is 2.44. The first kappa shape index (κ1) is 18.2. The van der Waals surface area contributed by atoms with E-state index in [1.807, 2.05) is 74.5 Å². The zero-order valence-electron chi connectivity index (χ0n) is 15.3. The van der Waals surface area contributed by atoms with Crippen molar-refractivity contribution in [2.24, 2.45) is 0 Å². The minimum absolute atomic E-state index is 0.0220. The average molecular weight is 356 g/mol. The van der Waals surface area contributed by atoms with Gasteiger partial charge in [0.2, 0.25) is 0 Å². The molecule has 0 saturated carbocycles. The number of hydrogen-bond acceptors (Lipinski definition) is 3. The highest BCUT2D eigenvalue weighted by Crippen LogP contribution is 2.30. The lowest BCUT2D eigenvalue weighted by molar-refractivity contribution is -0.112. The molecule has 0 radical (unpaired) electrons. The summed E-state index contributed by atoms with van der Waals surface area (Å²) in [6.07, 6.45) is 1.60. The standard InChI is InChI=1S/C23H20N2O2/c1-3-27-22-12-11-17-8-4-5-10-20(17)21(22)14-18(15-24)23(26)25-19-9-6-7-16(2)13-19/h4-14H,3H2,1-2H3,(H,25,26). The number of nitrogens with zero attached hydrogens (tertiary/aromatic N) is 1. The summed E-state index contributed by atoms with van der Waals surface area (Å²) in [4.78, 5) is 12.6. The van der Waals surface area contributed by atoms with E-state index in [9.17, 15) is 10.1 Å². The summed E-state index contributed by atoms with van der Waals surface area (Å²) in [6.45, 7) is 4.34. The zero-order valence-corrected chi connectivity index (χ0v) is 15.3. The molecule has 0 bridgehead atoms. The SMILES string of the molecule is CCOc1ccc2ccccc2c1C=C(C#N)C(=O)Nc1cccc(C)c1. The Morgan fingerprint density at radius 2 is 1.96 bits per heavy atom. The third kappa shape index (κ3) is 4.16. The number of fused-ring (bicyclic) bond motifs is 1. The van der Waals surface area contributed by atoms with Gasteiger partial charge < -0.3 is 10.1 Å². The molecule has 0 aliphatic rings. The highest BCUT2D eigenvalue weighted by molar-refractivity contribution is 6.11. The second-order valence-electron chi connectivity index (χ2n) is 6.12. The second-order valence-corrected chi connectivity index (χ2v) is 6.12. The molecule has 0 atom stereocenters. The number of carbonyl (C=O) groups is 1. The first-order valence-electron chi connectivity index (χ1n) is 8.76. The van der Waals surface area contributed by atoms with Gasteiger partial charge in [-0.1, -0.05) is 42.5 Å². The van der Waals surface area contributed by atoms with Crippen LogP contribution in [0.15, 0.2) is 66.2 Å². The van der Waals surface area contributed by atoms with Crippen molar-refractivity contribution in [2.75, 3.05) is 11.9 Å². The molecule has 0 saturated heterocycles. The van der Waals surface area contributed by atoms with Gasteiger partial charge in [-0.05, 0) is 54.5 Å². The maximum absolute atomic E-state index is 12.6. The first-order valence-corrected chi connectivity index (χ1v) is 8.76. The van der Waals surface area contributed by atoms with E-state index in [0.717, 1.165) is 21.9 Å². The lowest BCUT2D eigenvalue weighted by Crippen LogP contribution is -2.13. The number of hydrogen-bond donors (Lipinski definition) is 1. The fourth-order valence-corrected chi connectivity index (χ4v) is 2.92. The topological polar surface area (TPSA) is 62.1 Å². The van der Waals surface area contributed by atoms with Crippen LogP contribution in [-0.4, -0.2) is 12.5 Å². The Balaban J connectivity index is 2.03. The van der Waals surface area contributed by atoms with Gasteiger partial charge >= 0.3 is 0 Å². The molecule has 134 valence electrons. The highest BCUT2D eigenvalue weighted by atomic mass is 16.5. The first-order chi connectivity index (χ1) is 13.1. The molecule has 0 aliphatic heterocycles. The predicted octanol–water partition coefficient (Wildman–Crippen LogP) is 5.09. The van der Waals surface area contributed by atoms with Gasteiger partial charge in [0.1, 0.15) is 17.4 Å². The molecule has 3 aromatic carbocycles. The van der Waals surface area contributed by atoms with Crippen LogP contribution >= 0.6 is 0 Å². The van der Waals surface area contributed by atoms with E-state index < -0.39 is 5.91 Å². The number of ether oxygens (including phenoxy) is 1. The van der Waals surface area contributed by atoms with Crippen molar-refractivity contribution in [1.82, 2.24) is 0 Å². The Kier molecular flexibility index (Phi) is 5.53. The van der Waals surface area contributed by atoms with Crippen LogP contribution < -0.4 is 10.1 Å². The van der Waals surface area contributed by atoms with Crippen molar-refractivity contribution in [2.45, 2.75) is 13.8 Å². The smallest absolute Gasteiger partial charge is 0.266 e. The Morgan fingerprint density at radius 1 is 1.15 bits per heavy atom. The van der Waals surface area contributed by atoms with E-state index in [2.05, 4.69) is 5.32 Å². The van der Waals surface area contributed by atoms with Gasteiger partial charge in [0.25, 0.3) is 5.91 Å². The second kappa shape index (κ2) is 8.20. The van der Waals surface area contributed by atoms with E-state index >= 15 is 0 Å².